The van der Waals surface area contributed by atoms with Crippen LogP contribution in [0.4, 0.5) is 5.69 Å². The number of anilines is 1. The van der Waals surface area contributed by atoms with Gasteiger partial charge >= 0.3 is 5.97 Å². The van der Waals surface area contributed by atoms with E-state index in [9.17, 15) is 4.79 Å². The lowest BCUT2D eigenvalue weighted by Crippen LogP contribution is -2.25. The summed E-state index contributed by atoms with van der Waals surface area (Å²) in [5, 5.41) is 13.2. The van der Waals surface area contributed by atoms with Crippen molar-refractivity contribution in [2.24, 2.45) is 7.05 Å². The van der Waals surface area contributed by atoms with Crippen molar-refractivity contribution in [3.8, 4) is 0 Å². The van der Waals surface area contributed by atoms with Gasteiger partial charge in [-0.3, -0.25) is 9.48 Å². The van der Waals surface area contributed by atoms with E-state index < -0.39 is 5.97 Å². The fourth-order valence-corrected chi connectivity index (χ4v) is 2.19. The number of benzene rings is 1. The highest BCUT2D eigenvalue weighted by Gasteiger charge is 2.12. The lowest BCUT2D eigenvalue weighted by atomic mass is 10.1. The number of nitrogens with zero attached hydrogens (tertiary/aromatic N) is 3. The maximum Gasteiger partial charge on any atom is 0.305 e. The fraction of sp³-hybridized carbons (Fsp3) is 0.375. The number of aromatic nitrogens is 2. The van der Waals surface area contributed by atoms with Crippen LogP contribution in [0.3, 0.4) is 0 Å². The van der Waals surface area contributed by atoms with E-state index in [-0.39, 0.29) is 6.42 Å². The van der Waals surface area contributed by atoms with Crippen molar-refractivity contribution in [3.63, 3.8) is 0 Å². The zero-order chi connectivity index (χ0) is 15.4. The van der Waals surface area contributed by atoms with Gasteiger partial charge in [0, 0.05) is 37.1 Å². The van der Waals surface area contributed by atoms with Gasteiger partial charge in [-0.15, -0.1) is 0 Å². The third-order valence-corrected chi connectivity index (χ3v) is 3.69. The summed E-state index contributed by atoms with van der Waals surface area (Å²) in [4.78, 5) is 13.0. The SMILES string of the molecule is Cc1ccc(N(CCC(=O)O)Cc2cnn(C)c2C)cc1. The van der Waals surface area contributed by atoms with E-state index in [0.29, 0.717) is 13.1 Å². The van der Waals surface area contributed by atoms with Gasteiger partial charge in [0.25, 0.3) is 0 Å². The highest BCUT2D eigenvalue weighted by molar-refractivity contribution is 5.67. The Morgan fingerprint density at radius 2 is 1.95 bits per heavy atom. The molecule has 2 aromatic rings. The first kappa shape index (κ1) is 15.1. The average molecular weight is 287 g/mol. The van der Waals surface area contributed by atoms with Gasteiger partial charge in [-0.25, -0.2) is 0 Å². The Hall–Kier alpha value is -2.30. The summed E-state index contributed by atoms with van der Waals surface area (Å²) in [5.41, 5.74) is 4.44. The Kier molecular flexibility index (Phi) is 4.62. The maximum absolute atomic E-state index is 10.9. The van der Waals surface area contributed by atoms with Gasteiger partial charge in [0.2, 0.25) is 0 Å². The Morgan fingerprint density at radius 3 is 2.48 bits per heavy atom. The van der Waals surface area contributed by atoms with Crippen molar-refractivity contribution in [3.05, 3.63) is 47.3 Å². The van der Waals surface area contributed by atoms with Crippen LogP contribution in [-0.4, -0.2) is 27.4 Å². The van der Waals surface area contributed by atoms with Crippen molar-refractivity contribution in [2.75, 3.05) is 11.4 Å². The first-order valence-corrected chi connectivity index (χ1v) is 6.98. The molecule has 0 aliphatic carbocycles. The minimum atomic E-state index is -0.782. The molecule has 112 valence electrons. The standard InChI is InChI=1S/C16H21N3O2/c1-12-4-6-15(7-5-12)19(9-8-16(20)21)11-14-10-17-18(3)13(14)2/h4-7,10H,8-9,11H2,1-3H3,(H,20,21). The predicted molar refractivity (Wildman–Crippen MR) is 82.4 cm³/mol. The molecule has 0 fully saturated rings. The number of carboxylic acids is 1. The Labute approximate surface area is 124 Å². The summed E-state index contributed by atoms with van der Waals surface area (Å²) in [6.45, 7) is 5.20. The van der Waals surface area contributed by atoms with Gasteiger partial charge in [0.15, 0.2) is 0 Å². The first-order chi connectivity index (χ1) is 9.97. The van der Waals surface area contributed by atoms with E-state index in [1.165, 1.54) is 5.56 Å². The van der Waals surface area contributed by atoms with E-state index in [0.717, 1.165) is 16.9 Å². The van der Waals surface area contributed by atoms with Crippen LogP contribution in [0.5, 0.6) is 0 Å². The highest BCUT2D eigenvalue weighted by atomic mass is 16.4. The predicted octanol–water partition coefficient (Wildman–Crippen LogP) is 2.52. The van der Waals surface area contributed by atoms with Crippen LogP contribution in [0, 0.1) is 13.8 Å². The van der Waals surface area contributed by atoms with E-state index in [1.807, 2.05) is 56.0 Å². The third-order valence-electron chi connectivity index (χ3n) is 3.69. The summed E-state index contributed by atoms with van der Waals surface area (Å²) >= 11 is 0. The van der Waals surface area contributed by atoms with Crippen LogP contribution in [0.2, 0.25) is 0 Å². The smallest absolute Gasteiger partial charge is 0.305 e. The number of hydrogen-bond donors (Lipinski definition) is 1. The quantitative estimate of drug-likeness (QED) is 0.887. The first-order valence-electron chi connectivity index (χ1n) is 6.98. The lowest BCUT2D eigenvalue weighted by molar-refractivity contribution is -0.136. The van der Waals surface area contributed by atoms with E-state index in [1.54, 1.807) is 0 Å². The molecule has 0 bridgehead atoms. The zero-order valence-corrected chi connectivity index (χ0v) is 12.7. The summed E-state index contributed by atoms with van der Waals surface area (Å²) in [7, 11) is 1.91. The number of carboxylic acid groups (broad SMARTS) is 1. The molecule has 0 saturated heterocycles. The van der Waals surface area contributed by atoms with Gasteiger partial charge in [-0.05, 0) is 26.0 Å². The van der Waals surface area contributed by atoms with Crippen molar-refractivity contribution < 1.29 is 9.90 Å². The fourth-order valence-electron chi connectivity index (χ4n) is 2.19. The van der Waals surface area contributed by atoms with Crippen LogP contribution in [0.1, 0.15) is 23.2 Å². The number of aryl methyl sites for hydroxylation is 2. The number of aliphatic carboxylic acids is 1. The molecule has 5 nitrogen and oxygen atoms in total. The molecule has 0 aliphatic heterocycles. The van der Waals surface area contributed by atoms with Crippen LogP contribution in [0.15, 0.2) is 30.5 Å². The number of carbonyl (C=O) groups is 1. The number of hydrogen-bond acceptors (Lipinski definition) is 3. The molecule has 0 atom stereocenters. The monoisotopic (exact) mass is 287 g/mol. The van der Waals surface area contributed by atoms with Crippen LogP contribution < -0.4 is 4.90 Å². The van der Waals surface area contributed by atoms with Gasteiger partial charge in [-0.2, -0.15) is 5.10 Å². The van der Waals surface area contributed by atoms with Gasteiger partial charge in [0.05, 0.1) is 12.6 Å². The summed E-state index contributed by atoms with van der Waals surface area (Å²) in [5.74, 6) is -0.782. The molecule has 0 unspecified atom stereocenters. The van der Waals surface area contributed by atoms with Crippen LogP contribution in [-0.2, 0) is 18.4 Å². The highest BCUT2D eigenvalue weighted by Crippen LogP contribution is 2.19. The van der Waals surface area contributed by atoms with Gasteiger partial charge in [-0.1, -0.05) is 17.7 Å². The second kappa shape index (κ2) is 6.43. The van der Waals surface area contributed by atoms with Crippen molar-refractivity contribution in [2.45, 2.75) is 26.8 Å². The molecule has 1 aromatic carbocycles. The lowest BCUT2D eigenvalue weighted by Gasteiger charge is -2.24. The van der Waals surface area contributed by atoms with Crippen molar-refractivity contribution in [1.29, 1.82) is 0 Å². The third kappa shape index (κ3) is 3.84. The van der Waals surface area contributed by atoms with E-state index in [4.69, 9.17) is 5.11 Å². The van der Waals surface area contributed by atoms with Crippen molar-refractivity contribution in [1.82, 2.24) is 9.78 Å². The van der Waals surface area contributed by atoms with Crippen LogP contribution in [0.25, 0.3) is 0 Å². The molecule has 0 spiro atoms. The Morgan fingerprint density at radius 1 is 1.29 bits per heavy atom. The minimum Gasteiger partial charge on any atom is -0.481 e. The number of rotatable bonds is 6. The van der Waals surface area contributed by atoms with E-state index in [2.05, 4.69) is 10.00 Å². The Bertz CT molecular complexity index is 617. The minimum absolute atomic E-state index is 0.118. The summed E-state index contributed by atoms with van der Waals surface area (Å²) < 4.78 is 1.83. The molecule has 0 amide bonds. The van der Waals surface area contributed by atoms with Crippen molar-refractivity contribution >= 4 is 11.7 Å². The topological polar surface area (TPSA) is 58.4 Å². The molecule has 21 heavy (non-hydrogen) atoms. The molecular weight excluding hydrogens is 266 g/mol. The zero-order valence-electron chi connectivity index (χ0n) is 12.7. The molecule has 0 aliphatic rings. The molecule has 1 aromatic heterocycles. The second-order valence-electron chi connectivity index (χ2n) is 5.28. The van der Waals surface area contributed by atoms with E-state index >= 15 is 0 Å². The average Bonchev–Trinajstić information content (AvgIpc) is 2.76. The normalized spacial score (nSPS) is 10.6. The molecule has 0 radical (unpaired) electrons. The Balaban J connectivity index is 2.21. The molecule has 0 saturated carbocycles. The molecule has 5 heteroatoms. The summed E-state index contributed by atoms with van der Waals surface area (Å²) in [6, 6.07) is 8.14. The van der Waals surface area contributed by atoms with Gasteiger partial charge in [0.1, 0.15) is 0 Å². The maximum atomic E-state index is 10.9. The molecular formula is C16H21N3O2. The van der Waals surface area contributed by atoms with Crippen LogP contribution >= 0.6 is 0 Å². The largest absolute Gasteiger partial charge is 0.481 e. The molecule has 1 heterocycles. The second-order valence-corrected chi connectivity index (χ2v) is 5.28. The summed E-state index contributed by atoms with van der Waals surface area (Å²) in [6.07, 6.45) is 1.96. The molecule has 2 rings (SSSR count). The molecule has 1 N–H and O–H groups in total. The van der Waals surface area contributed by atoms with Gasteiger partial charge < -0.3 is 10.0 Å².